The highest BCUT2D eigenvalue weighted by Crippen LogP contribution is 2.27. The van der Waals surface area contributed by atoms with Crippen LogP contribution in [0.15, 0.2) is 66.7 Å². The van der Waals surface area contributed by atoms with Crippen LogP contribution in [0.1, 0.15) is 44.7 Å². The van der Waals surface area contributed by atoms with Gasteiger partial charge in [0.15, 0.2) is 5.78 Å². The number of carbonyl (C=O) groups is 2. The lowest BCUT2D eigenvalue weighted by molar-refractivity contribution is 0.0950. The van der Waals surface area contributed by atoms with E-state index in [-0.39, 0.29) is 11.7 Å². The summed E-state index contributed by atoms with van der Waals surface area (Å²) in [5.74, 6) is 0.592. The number of ketones is 1. The van der Waals surface area contributed by atoms with E-state index in [1.807, 2.05) is 49.4 Å². The van der Waals surface area contributed by atoms with Gasteiger partial charge in [-0.2, -0.15) is 0 Å². The molecular weight excluding hydrogens is 428 g/mol. The van der Waals surface area contributed by atoms with Gasteiger partial charge in [-0.15, -0.1) is 0 Å². The molecule has 176 valence electrons. The van der Waals surface area contributed by atoms with Crippen LogP contribution in [-0.4, -0.2) is 44.1 Å². The maximum absolute atomic E-state index is 12.9. The Balaban J connectivity index is 1.41. The molecule has 0 aliphatic heterocycles. The molecule has 3 N–H and O–H groups in total. The summed E-state index contributed by atoms with van der Waals surface area (Å²) >= 11 is 0. The van der Waals surface area contributed by atoms with Gasteiger partial charge in [-0.25, -0.2) is 0 Å². The van der Waals surface area contributed by atoms with Gasteiger partial charge in [-0.05, 0) is 72.9 Å². The van der Waals surface area contributed by atoms with Gasteiger partial charge in [0.25, 0.3) is 5.91 Å². The molecule has 4 rings (SSSR count). The first-order valence-corrected chi connectivity index (χ1v) is 11.6. The SMILES string of the molecule is Cc1ccc(C(=O)NC2CC2)cc1-c1ccc(C(=O)c2ccc(OCCOCCN)cc2)cc1. The number of benzene rings is 3. The van der Waals surface area contributed by atoms with Gasteiger partial charge in [0, 0.05) is 29.3 Å². The molecule has 6 nitrogen and oxygen atoms in total. The molecule has 34 heavy (non-hydrogen) atoms. The number of amides is 1. The molecule has 3 aromatic rings. The number of aryl methyl sites for hydroxylation is 1. The number of carbonyl (C=O) groups excluding carboxylic acids is 2. The minimum atomic E-state index is -0.0568. The third kappa shape index (κ3) is 6.10. The topological polar surface area (TPSA) is 90.7 Å². The summed E-state index contributed by atoms with van der Waals surface area (Å²) < 4.78 is 10.9. The summed E-state index contributed by atoms with van der Waals surface area (Å²) in [6, 6.07) is 20.7. The van der Waals surface area contributed by atoms with E-state index in [0.29, 0.717) is 54.8 Å². The zero-order chi connectivity index (χ0) is 23.9. The molecule has 3 aromatic carbocycles. The maximum Gasteiger partial charge on any atom is 0.251 e. The third-order valence-corrected chi connectivity index (χ3v) is 5.75. The van der Waals surface area contributed by atoms with Crippen molar-refractivity contribution in [3.63, 3.8) is 0 Å². The smallest absolute Gasteiger partial charge is 0.251 e. The Morgan fingerprint density at radius 2 is 1.53 bits per heavy atom. The molecule has 0 unspecified atom stereocenters. The van der Waals surface area contributed by atoms with Gasteiger partial charge < -0.3 is 20.5 Å². The van der Waals surface area contributed by atoms with Crippen molar-refractivity contribution in [2.24, 2.45) is 5.73 Å². The zero-order valence-electron chi connectivity index (χ0n) is 19.4. The largest absolute Gasteiger partial charge is 0.491 e. The van der Waals surface area contributed by atoms with Crippen molar-refractivity contribution in [3.8, 4) is 16.9 Å². The van der Waals surface area contributed by atoms with Crippen molar-refractivity contribution in [1.82, 2.24) is 5.32 Å². The fraction of sp³-hybridized carbons (Fsp3) is 0.286. The highest BCUT2D eigenvalue weighted by atomic mass is 16.5. The summed E-state index contributed by atoms with van der Waals surface area (Å²) in [6.45, 7) is 3.91. The molecule has 0 bridgehead atoms. The lowest BCUT2D eigenvalue weighted by Crippen LogP contribution is -2.25. The minimum Gasteiger partial charge on any atom is -0.491 e. The van der Waals surface area contributed by atoms with Crippen molar-refractivity contribution < 1.29 is 19.1 Å². The molecule has 6 heteroatoms. The van der Waals surface area contributed by atoms with Crippen LogP contribution >= 0.6 is 0 Å². The summed E-state index contributed by atoms with van der Waals surface area (Å²) in [4.78, 5) is 25.4. The molecule has 1 aliphatic rings. The van der Waals surface area contributed by atoms with Crippen LogP contribution in [0.5, 0.6) is 5.75 Å². The molecule has 1 amide bonds. The average molecular weight is 459 g/mol. The van der Waals surface area contributed by atoms with E-state index in [0.717, 1.165) is 29.5 Å². The number of hydrogen-bond acceptors (Lipinski definition) is 5. The van der Waals surface area contributed by atoms with E-state index in [1.54, 1.807) is 24.3 Å². The van der Waals surface area contributed by atoms with Gasteiger partial charge in [-0.3, -0.25) is 9.59 Å². The quantitative estimate of drug-likeness (QED) is 0.333. The fourth-order valence-corrected chi connectivity index (χ4v) is 3.64. The highest BCUT2D eigenvalue weighted by Gasteiger charge is 2.24. The Morgan fingerprint density at radius 3 is 2.18 bits per heavy atom. The number of nitrogens with two attached hydrogens (primary N) is 1. The van der Waals surface area contributed by atoms with Crippen LogP contribution in [0, 0.1) is 6.92 Å². The van der Waals surface area contributed by atoms with Crippen molar-refractivity contribution in [1.29, 1.82) is 0 Å². The van der Waals surface area contributed by atoms with E-state index >= 15 is 0 Å². The standard InChI is InChI=1S/C28H30N2O4/c1-19-2-3-23(28(32)30-24-10-11-24)18-26(19)20-4-6-21(7-5-20)27(31)22-8-12-25(13-9-22)34-17-16-33-15-14-29/h2-9,12-13,18,24H,10-11,14-17,29H2,1H3,(H,30,32). The Hall–Kier alpha value is -3.48. The second-order valence-corrected chi connectivity index (χ2v) is 8.46. The van der Waals surface area contributed by atoms with Crippen molar-refractivity contribution in [2.45, 2.75) is 25.8 Å². The molecule has 1 aliphatic carbocycles. The molecular formula is C28H30N2O4. The van der Waals surface area contributed by atoms with Gasteiger partial charge in [0.1, 0.15) is 12.4 Å². The normalized spacial score (nSPS) is 12.9. The van der Waals surface area contributed by atoms with Crippen LogP contribution < -0.4 is 15.8 Å². The van der Waals surface area contributed by atoms with Gasteiger partial charge in [0.2, 0.25) is 0 Å². The Labute approximate surface area is 200 Å². The predicted molar refractivity (Wildman–Crippen MR) is 132 cm³/mol. The monoisotopic (exact) mass is 458 g/mol. The summed E-state index contributed by atoms with van der Waals surface area (Å²) in [5, 5.41) is 3.03. The molecule has 0 saturated heterocycles. The summed E-state index contributed by atoms with van der Waals surface area (Å²) in [5.41, 5.74) is 10.3. The fourth-order valence-electron chi connectivity index (χ4n) is 3.64. The highest BCUT2D eigenvalue weighted by molar-refractivity contribution is 6.09. The molecule has 1 fully saturated rings. The summed E-state index contributed by atoms with van der Waals surface area (Å²) in [6.07, 6.45) is 2.11. The van der Waals surface area contributed by atoms with E-state index in [4.69, 9.17) is 15.2 Å². The maximum atomic E-state index is 12.9. The van der Waals surface area contributed by atoms with E-state index < -0.39 is 0 Å². The van der Waals surface area contributed by atoms with Crippen molar-refractivity contribution >= 4 is 11.7 Å². The first-order chi connectivity index (χ1) is 16.5. The number of hydrogen-bond donors (Lipinski definition) is 2. The average Bonchev–Trinajstić information content (AvgIpc) is 3.68. The second kappa shape index (κ2) is 11.1. The molecule has 0 heterocycles. The number of ether oxygens (including phenoxy) is 2. The van der Waals surface area contributed by atoms with E-state index in [2.05, 4.69) is 5.32 Å². The molecule has 0 aromatic heterocycles. The Morgan fingerprint density at radius 1 is 0.882 bits per heavy atom. The Bertz CT molecular complexity index is 1140. The number of rotatable bonds is 11. The second-order valence-electron chi connectivity index (χ2n) is 8.46. The van der Waals surface area contributed by atoms with Crippen LogP contribution in [0.2, 0.25) is 0 Å². The van der Waals surface area contributed by atoms with Crippen LogP contribution in [0.25, 0.3) is 11.1 Å². The van der Waals surface area contributed by atoms with Gasteiger partial charge in [0.05, 0.1) is 13.2 Å². The predicted octanol–water partition coefficient (Wildman–Crippen LogP) is 4.14. The van der Waals surface area contributed by atoms with Crippen molar-refractivity contribution in [3.05, 3.63) is 89.0 Å². The van der Waals surface area contributed by atoms with E-state index in [1.165, 1.54) is 0 Å². The van der Waals surface area contributed by atoms with Gasteiger partial charge >= 0.3 is 0 Å². The molecule has 1 saturated carbocycles. The van der Waals surface area contributed by atoms with Gasteiger partial charge in [-0.1, -0.05) is 30.3 Å². The first-order valence-electron chi connectivity index (χ1n) is 11.6. The zero-order valence-corrected chi connectivity index (χ0v) is 19.4. The van der Waals surface area contributed by atoms with Crippen LogP contribution in [-0.2, 0) is 4.74 Å². The molecule has 0 atom stereocenters. The van der Waals surface area contributed by atoms with Crippen LogP contribution in [0.3, 0.4) is 0 Å². The Kier molecular flexibility index (Phi) is 7.72. The minimum absolute atomic E-state index is 0.0361. The first kappa shape index (κ1) is 23.7. The molecule has 0 spiro atoms. The van der Waals surface area contributed by atoms with E-state index in [9.17, 15) is 9.59 Å². The van der Waals surface area contributed by atoms with Crippen molar-refractivity contribution in [2.75, 3.05) is 26.4 Å². The summed E-state index contributed by atoms with van der Waals surface area (Å²) in [7, 11) is 0. The molecule has 0 radical (unpaired) electrons. The van der Waals surface area contributed by atoms with Crippen LogP contribution in [0.4, 0.5) is 0 Å². The third-order valence-electron chi connectivity index (χ3n) is 5.75. The lowest BCUT2D eigenvalue weighted by Gasteiger charge is -2.11. The number of nitrogens with one attached hydrogen (secondary N) is 1. The lowest BCUT2D eigenvalue weighted by atomic mass is 9.95.